The fourth-order valence-electron chi connectivity index (χ4n) is 4.16. The molecular formula is C23H19NO2. The third-order valence-electron chi connectivity index (χ3n) is 5.36. The smallest absolute Gasteiger partial charge is 0.231 e. The van der Waals surface area contributed by atoms with Crippen molar-refractivity contribution in [2.45, 2.75) is 19.3 Å². The van der Waals surface area contributed by atoms with Crippen molar-refractivity contribution >= 4 is 27.6 Å². The maximum Gasteiger partial charge on any atom is 0.231 e. The molecule has 4 aromatic rings. The Labute approximate surface area is 151 Å². The molecule has 1 aliphatic heterocycles. The zero-order valence-corrected chi connectivity index (χ0v) is 14.7. The van der Waals surface area contributed by atoms with E-state index in [0.717, 1.165) is 40.6 Å². The largest absolute Gasteiger partial charge is 0.497 e. The van der Waals surface area contributed by atoms with Crippen LogP contribution in [0, 0.1) is 0 Å². The summed E-state index contributed by atoms with van der Waals surface area (Å²) in [4.78, 5) is 12.6. The summed E-state index contributed by atoms with van der Waals surface area (Å²) in [6.45, 7) is 0. The molecule has 2 heterocycles. The molecule has 3 nitrogen and oxygen atoms in total. The minimum Gasteiger partial charge on any atom is -0.497 e. The predicted molar refractivity (Wildman–Crippen MR) is 105 cm³/mol. The van der Waals surface area contributed by atoms with Gasteiger partial charge in [0.2, 0.25) is 5.91 Å². The number of hydrogen-bond donors (Lipinski definition) is 0. The number of carbonyl (C=O) groups excluding carboxylic acids is 1. The number of rotatable bonds is 2. The molecule has 0 saturated heterocycles. The lowest BCUT2D eigenvalue weighted by Gasteiger charge is -2.16. The Morgan fingerprint density at radius 2 is 1.73 bits per heavy atom. The summed E-state index contributed by atoms with van der Waals surface area (Å²) in [5.41, 5.74) is 4.54. The van der Waals surface area contributed by atoms with Crippen LogP contribution in [0.5, 0.6) is 5.75 Å². The lowest BCUT2D eigenvalue weighted by Crippen LogP contribution is -2.18. The molecule has 3 aromatic carbocycles. The molecule has 3 heteroatoms. The second-order valence-electron chi connectivity index (χ2n) is 6.85. The van der Waals surface area contributed by atoms with Crippen molar-refractivity contribution in [3.63, 3.8) is 0 Å². The molecule has 0 atom stereocenters. The van der Waals surface area contributed by atoms with Crippen LogP contribution >= 0.6 is 0 Å². The van der Waals surface area contributed by atoms with Crippen molar-refractivity contribution in [1.82, 2.24) is 4.57 Å². The summed E-state index contributed by atoms with van der Waals surface area (Å²) in [6, 6.07) is 20.9. The SMILES string of the molecule is COc1ccc2cc(-c3c4n(c5ccccc35)C(=O)CCC4)ccc2c1. The molecule has 1 aromatic heterocycles. The molecule has 0 unspecified atom stereocenters. The van der Waals surface area contributed by atoms with E-state index in [1.807, 2.05) is 22.8 Å². The minimum absolute atomic E-state index is 0.208. The van der Waals surface area contributed by atoms with E-state index >= 15 is 0 Å². The molecule has 128 valence electrons. The van der Waals surface area contributed by atoms with E-state index in [-0.39, 0.29) is 5.91 Å². The second-order valence-corrected chi connectivity index (χ2v) is 6.85. The first-order chi connectivity index (χ1) is 12.8. The fourth-order valence-corrected chi connectivity index (χ4v) is 4.16. The van der Waals surface area contributed by atoms with Crippen LogP contribution in [-0.2, 0) is 6.42 Å². The molecule has 0 spiro atoms. The van der Waals surface area contributed by atoms with Gasteiger partial charge in [0, 0.05) is 23.1 Å². The zero-order chi connectivity index (χ0) is 17.7. The summed E-state index contributed by atoms with van der Waals surface area (Å²) in [5, 5.41) is 3.49. The number of nitrogens with zero attached hydrogens (tertiary/aromatic N) is 1. The van der Waals surface area contributed by atoms with E-state index in [4.69, 9.17) is 4.74 Å². The van der Waals surface area contributed by atoms with Crippen molar-refractivity contribution in [3.8, 4) is 16.9 Å². The second kappa shape index (κ2) is 5.73. The number of carbonyl (C=O) groups is 1. The summed E-state index contributed by atoms with van der Waals surface area (Å²) in [6.07, 6.45) is 2.49. The molecule has 0 aliphatic carbocycles. The zero-order valence-electron chi connectivity index (χ0n) is 14.7. The molecule has 0 saturated carbocycles. The molecule has 26 heavy (non-hydrogen) atoms. The van der Waals surface area contributed by atoms with Crippen molar-refractivity contribution in [2.24, 2.45) is 0 Å². The van der Waals surface area contributed by atoms with E-state index in [1.165, 1.54) is 16.5 Å². The monoisotopic (exact) mass is 341 g/mol. The first-order valence-electron chi connectivity index (χ1n) is 9.00. The Morgan fingerprint density at radius 3 is 2.62 bits per heavy atom. The highest BCUT2D eigenvalue weighted by molar-refractivity contribution is 6.05. The number of ether oxygens (including phenoxy) is 1. The third-order valence-corrected chi connectivity index (χ3v) is 5.36. The van der Waals surface area contributed by atoms with Crippen molar-refractivity contribution < 1.29 is 9.53 Å². The summed E-state index contributed by atoms with van der Waals surface area (Å²) in [7, 11) is 1.69. The molecule has 0 N–H and O–H groups in total. The van der Waals surface area contributed by atoms with Crippen LogP contribution in [0.4, 0.5) is 0 Å². The first kappa shape index (κ1) is 15.2. The Bertz CT molecular complexity index is 1170. The highest BCUT2D eigenvalue weighted by Gasteiger charge is 2.25. The lowest BCUT2D eigenvalue weighted by molar-refractivity contribution is 0.0890. The van der Waals surface area contributed by atoms with Gasteiger partial charge in [-0.05, 0) is 53.4 Å². The normalized spacial score (nSPS) is 14.0. The third kappa shape index (κ3) is 2.17. The standard InChI is InChI=1S/C23H19NO2/c1-26-18-12-11-15-13-17(10-9-16(15)14-18)23-19-5-2-3-6-20(19)24-21(23)7-4-8-22(24)25/h2-3,5-6,9-14H,4,7-8H2,1H3. The van der Waals surface area contributed by atoms with Crippen molar-refractivity contribution in [2.75, 3.05) is 7.11 Å². The molecule has 0 fully saturated rings. The van der Waals surface area contributed by atoms with Crippen LogP contribution in [0.25, 0.3) is 32.8 Å². The van der Waals surface area contributed by atoms with Gasteiger partial charge in [0.25, 0.3) is 0 Å². The minimum atomic E-state index is 0.208. The van der Waals surface area contributed by atoms with Crippen molar-refractivity contribution in [3.05, 3.63) is 66.4 Å². The van der Waals surface area contributed by atoms with Crippen LogP contribution < -0.4 is 4.74 Å². The van der Waals surface area contributed by atoms with Gasteiger partial charge in [-0.15, -0.1) is 0 Å². The van der Waals surface area contributed by atoms with E-state index in [0.29, 0.717) is 6.42 Å². The number of methoxy groups -OCH3 is 1. The van der Waals surface area contributed by atoms with Gasteiger partial charge in [0.1, 0.15) is 5.75 Å². The van der Waals surface area contributed by atoms with Gasteiger partial charge < -0.3 is 4.74 Å². The van der Waals surface area contributed by atoms with E-state index in [2.05, 4.69) is 42.5 Å². The maximum absolute atomic E-state index is 12.6. The van der Waals surface area contributed by atoms with Gasteiger partial charge in [-0.3, -0.25) is 9.36 Å². The Hall–Kier alpha value is -3.07. The highest BCUT2D eigenvalue weighted by Crippen LogP contribution is 2.39. The lowest BCUT2D eigenvalue weighted by atomic mass is 9.96. The molecule has 0 radical (unpaired) electrons. The van der Waals surface area contributed by atoms with Crippen molar-refractivity contribution in [1.29, 1.82) is 0 Å². The van der Waals surface area contributed by atoms with Crippen LogP contribution in [0.15, 0.2) is 60.7 Å². The first-order valence-corrected chi connectivity index (χ1v) is 9.00. The van der Waals surface area contributed by atoms with Crippen LogP contribution in [0.3, 0.4) is 0 Å². The Kier molecular flexibility index (Phi) is 3.35. The van der Waals surface area contributed by atoms with Gasteiger partial charge in [-0.2, -0.15) is 0 Å². The molecule has 0 amide bonds. The number of aromatic nitrogens is 1. The molecule has 0 bridgehead atoms. The van der Waals surface area contributed by atoms with E-state index in [1.54, 1.807) is 7.11 Å². The summed E-state index contributed by atoms with van der Waals surface area (Å²) >= 11 is 0. The summed E-state index contributed by atoms with van der Waals surface area (Å²) < 4.78 is 7.26. The number of fused-ring (bicyclic) bond motifs is 4. The van der Waals surface area contributed by atoms with Crippen LogP contribution in [0.1, 0.15) is 23.3 Å². The van der Waals surface area contributed by atoms with Crippen LogP contribution in [0.2, 0.25) is 0 Å². The highest BCUT2D eigenvalue weighted by atomic mass is 16.5. The topological polar surface area (TPSA) is 31.2 Å². The molecular weight excluding hydrogens is 322 g/mol. The Morgan fingerprint density at radius 1 is 0.923 bits per heavy atom. The average molecular weight is 341 g/mol. The quantitative estimate of drug-likeness (QED) is 0.486. The van der Waals surface area contributed by atoms with Crippen LogP contribution in [-0.4, -0.2) is 17.6 Å². The predicted octanol–water partition coefficient (Wildman–Crippen LogP) is 5.45. The van der Waals surface area contributed by atoms with Gasteiger partial charge in [0.15, 0.2) is 0 Å². The molecule has 5 rings (SSSR count). The van der Waals surface area contributed by atoms with E-state index < -0.39 is 0 Å². The van der Waals surface area contributed by atoms with Gasteiger partial charge >= 0.3 is 0 Å². The van der Waals surface area contributed by atoms with E-state index in [9.17, 15) is 4.79 Å². The Balaban J connectivity index is 1.79. The maximum atomic E-state index is 12.6. The fraction of sp³-hybridized carbons (Fsp3) is 0.174. The molecule has 1 aliphatic rings. The summed E-state index contributed by atoms with van der Waals surface area (Å²) in [5.74, 6) is 1.07. The van der Waals surface area contributed by atoms with Gasteiger partial charge in [-0.1, -0.05) is 36.4 Å². The average Bonchev–Trinajstić information content (AvgIpc) is 3.02. The van der Waals surface area contributed by atoms with Gasteiger partial charge in [-0.25, -0.2) is 0 Å². The van der Waals surface area contributed by atoms with Gasteiger partial charge in [0.05, 0.1) is 12.6 Å². The number of para-hydroxylation sites is 1. The number of benzene rings is 3. The number of hydrogen-bond acceptors (Lipinski definition) is 2.